The summed E-state index contributed by atoms with van der Waals surface area (Å²) in [7, 11) is 0. The van der Waals surface area contributed by atoms with Crippen LogP contribution in [0.25, 0.3) is 5.78 Å². The van der Waals surface area contributed by atoms with E-state index >= 15 is 0 Å². The van der Waals surface area contributed by atoms with Crippen molar-refractivity contribution in [3.8, 4) is 5.75 Å². The zero-order valence-electron chi connectivity index (χ0n) is 15.4. The first-order valence-electron chi connectivity index (χ1n) is 9.42. The summed E-state index contributed by atoms with van der Waals surface area (Å²) >= 11 is 0. The third kappa shape index (κ3) is 3.63. The Hall–Kier alpha value is -2.96. The summed E-state index contributed by atoms with van der Waals surface area (Å²) in [5, 5.41) is 4.29. The molecule has 1 atom stereocenters. The number of carbonyl (C=O) groups excluding carboxylic acids is 1. The summed E-state index contributed by atoms with van der Waals surface area (Å²) in [6, 6.07) is 9.70. The minimum absolute atomic E-state index is 0.00106. The van der Waals surface area contributed by atoms with Gasteiger partial charge in [0.05, 0.1) is 24.8 Å². The summed E-state index contributed by atoms with van der Waals surface area (Å²) in [6.45, 7) is 3.36. The van der Waals surface area contributed by atoms with Crippen molar-refractivity contribution >= 4 is 11.7 Å². The molecule has 7 nitrogen and oxygen atoms in total. The van der Waals surface area contributed by atoms with Crippen LogP contribution < -0.4 is 4.74 Å². The van der Waals surface area contributed by atoms with Gasteiger partial charge in [0.25, 0.3) is 5.78 Å². The fraction of sp³-hybridized carbons (Fsp3) is 0.400. The number of hydrogen-bond donors (Lipinski definition) is 0. The number of fused-ring (bicyclic) bond motifs is 1. The van der Waals surface area contributed by atoms with Crippen molar-refractivity contribution in [2.24, 2.45) is 0 Å². The van der Waals surface area contributed by atoms with Gasteiger partial charge in [-0.25, -0.2) is 4.98 Å². The highest BCUT2D eigenvalue weighted by molar-refractivity contribution is 5.79. The largest absolute Gasteiger partial charge is 0.494 e. The first-order chi connectivity index (χ1) is 13.3. The molecule has 1 fully saturated rings. The molecule has 0 aliphatic carbocycles. The number of likely N-dealkylation sites (tertiary alicyclic amines) is 1. The number of nitrogens with zero attached hydrogens (tertiary/aromatic N) is 5. The molecule has 1 saturated heterocycles. The van der Waals surface area contributed by atoms with Crippen molar-refractivity contribution < 1.29 is 9.53 Å². The maximum absolute atomic E-state index is 13.1. The van der Waals surface area contributed by atoms with Gasteiger partial charge in [0, 0.05) is 12.7 Å². The molecule has 0 radical (unpaired) electrons. The van der Waals surface area contributed by atoms with Crippen LogP contribution in [-0.2, 0) is 11.2 Å². The van der Waals surface area contributed by atoms with Crippen LogP contribution in [0, 0.1) is 0 Å². The fourth-order valence-corrected chi connectivity index (χ4v) is 3.69. The third-order valence-electron chi connectivity index (χ3n) is 4.96. The van der Waals surface area contributed by atoms with E-state index < -0.39 is 0 Å². The van der Waals surface area contributed by atoms with Gasteiger partial charge in [0.2, 0.25) is 5.91 Å². The van der Waals surface area contributed by atoms with Crippen molar-refractivity contribution in [1.29, 1.82) is 0 Å². The van der Waals surface area contributed by atoms with Gasteiger partial charge in [-0.2, -0.15) is 14.6 Å². The lowest BCUT2D eigenvalue weighted by Gasteiger charge is -2.36. The van der Waals surface area contributed by atoms with Crippen molar-refractivity contribution in [1.82, 2.24) is 24.5 Å². The highest BCUT2D eigenvalue weighted by atomic mass is 16.5. The van der Waals surface area contributed by atoms with Gasteiger partial charge in [-0.15, -0.1) is 0 Å². The molecular formula is C20H23N5O2. The molecular weight excluding hydrogens is 342 g/mol. The summed E-state index contributed by atoms with van der Waals surface area (Å²) in [5.74, 6) is 1.53. The van der Waals surface area contributed by atoms with E-state index in [1.54, 1.807) is 10.7 Å². The predicted molar refractivity (Wildman–Crippen MR) is 100 cm³/mol. The Morgan fingerprint density at radius 3 is 2.85 bits per heavy atom. The Balaban J connectivity index is 1.55. The van der Waals surface area contributed by atoms with Crippen LogP contribution in [-0.4, -0.2) is 43.5 Å². The van der Waals surface area contributed by atoms with Gasteiger partial charge >= 0.3 is 0 Å². The first-order valence-corrected chi connectivity index (χ1v) is 9.42. The summed E-state index contributed by atoms with van der Waals surface area (Å²) < 4.78 is 7.22. The van der Waals surface area contributed by atoms with Crippen LogP contribution in [0.15, 0.2) is 42.9 Å². The molecule has 0 spiro atoms. The number of hydrogen-bond acceptors (Lipinski definition) is 5. The molecule has 140 valence electrons. The summed E-state index contributed by atoms with van der Waals surface area (Å²) in [5.41, 5.74) is 1.96. The van der Waals surface area contributed by atoms with Gasteiger partial charge in [-0.05, 0) is 49.9 Å². The van der Waals surface area contributed by atoms with E-state index in [0.717, 1.165) is 42.8 Å². The van der Waals surface area contributed by atoms with E-state index in [9.17, 15) is 4.79 Å². The number of piperidine rings is 1. The van der Waals surface area contributed by atoms with Gasteiger partial charge in [-0.1, -0.05) is 12.1 Å². The van der Waals surface area contributed by atoms with E-state index in [2.05, 4.69) is 15.1 Å². The van der Waals surface area contributed by atoms with E-state index in [0.29, 0.717) is 18.8 Å². The smallest absolute Gasteiger partial charge is 0.252 e. The van der Waals surface area contributed by atoms with E-state index in [1.165, 1.54) is 6.33 Å². The number of amides is 1. The molecule has 3 aromatic rings. The first kappa shape index (κ1) is 17.5. The topological polar surface area (TPSA) is 72.6 Å². The highest BCUT2D eigenvalue weighted by Crippen LogP contribution is 2.31. The normalized spacial score (nSPS) is 17.2. The minimum Gasteiger partial charge on any atom is -0.494 e. The molecule has 0 saturated carbocycles. The second-order valence-corrected chi connectivity index (χ2v) is 6.69. The average Bonchev–Trinajstić information content (AvgIpc) is 3.18. The van der Waals surface area contributed by atoms with E-state index in [-0.39, 0.29) is 11.9 Å². The van der Waals surface area contributed by atoms with Crippen LogP contribution >= 0.6 is 0 Å². The van der Waals surface area contributed by atoms with Gasteiger partial charge in [0.1, 0.15) is 12.1 Å². The quantitative estimate of drug-likeness (QED) is 0.695. The average molecular weight is 365 g/mol. The minimum atomic E-state index is 0.00106. The lowest BCUT2D eigenvalue weighted by Crippen LogP contribution is -2.40. The molecule has 0 unspecified atom stereocenters. The highest BCUT2D eigenvalue weighted by Gasteiger charge is 2.30. The molecule has 4 rings (SSSR count). The van der Waals surface area contributed by atoms with Gasteiger partial charge in [-0.3, -0.25) is 4.79 Å². The molecule has 1 aliphatic heterocycles. The maximum atomic E-state index is 13.1. The fourth-order valence-electron chi connectivity index (χ4n) is 3.69. The SMILES string of the molecule is CCOc1ccc(CC(=O)N2CCCC[C@@H]2c2ccnc3ncnn23)cc1. The number of ether oxygens (including phenoxy) is 1. The van der Waals surface area contributed by atoms with Crippen LogP contribution in [0.3, 0.4) is 0 Å². The molecule has 0 N–H and O–H groups in total. The molecule has 1 amide bonds. The number of carbonyl (C=O) groups is 1. The Kier molecular flexibility index (Phi) is 5.00. The van der Waals surface area contributed by atoms with Gasteiger partial charge < -0.3 is 9.64 Å². The molecule has 27 heavy (non-hydrogen) atoms. The molecule has 0 bridgehead atoms. The number of aromatic nitrogens is 4. The standard InChI is InChI=1S/C20H23N5O2/c1-2-27-16-8-6-15(7-9-16)13-19(26)24-12-4-3-5-17(24)18-10-11-21-20-22-14-23-25(18)20/h6-11,14,17H,2-5,12-13H2,1H3/t17-/m1/s1. The lowest BCUT2D eigenvalue weighted by molar-refractivity contribution is -0.134. The predicted octanol–water partition coefficient (Wildman–Crippen LogP) is 2.82. The number of benzene rings is 1. The molecule has 2 aromatic heterocycles. The Bertz CT molecular complexity index is 922. The Labute approximate surface area is 158 Å². The molecule has 3 heterocycles. The van der Waals surface area contributed by atoms with E-state index in [4.69, 9.17) is 4.74 Å². The second-order valence-electron chi connectivity index (χ2n) is 6.69. The lowest BCUT2D eigenvalue weighted by atomic mass is 9.98. The number of rotatable bonds is 5. The third-order valence-corrected chi connectivity index (χ3v) is 4.96. The molecule has 7 heteroatoms. The Morgan fingerprint density at radius 1 is 1.19 bits per heavy atom. The van der Waals surface area contributed by atoms with Crippen molar-refractivity contribution in [3.63, 3.8) is 0 Å². The molecule has 1 aliphatic rings. The summed E-state index contributed by atoms with van der Waals surface area (Å²) in [4.78, 5) is 23.4. The van der Waals surface area contributed by atoms with Crippen LogP contribution in [0.5, 0.6) is 5.75 Å². The monoisotopic (exact) mass is 365 g/mol. The summed E-state index contributed by atoms with van der Waals surface area (Å²) in [6.07, 6.45) is 6.67. The van der Waals surface area contributed by atoms with Crippen molar-refractivity contribution in [2.75, 3.05) is 13.2 Å². The molecule has 1 aromatic carbocycles. The van der Waals surface area contributed by atoms with Gasteiger partial charge in [0.15, 0.2) is 0 Å². The van der Waals surface area contributed by atoms with E-state index in [1.807, 2.05) is 42.2 Å². The second kappa shape index (κ2) is 7.73. The maximum Gasteiger partial charge on any atom is 0.252 e. The zero-order chi connectivity index (χ0) is 18.6. The Morgan fingerprint density at radius 2 is 2.04 bits per heavy atom. The van der Waals surface area contributed by atoms with Crippen molar-refractivity contribution in [3.05, 3.63) is 54.1 Å². The van der Waals surface area contributed by atoms with Crippen LogP contribution in [0.1, 0.15) is 43.5 Å². The zero-order valence-corrected chi connectivity index (χ0v) is 15.4. The van der Waals surface area contributed by atoms with Crippen LogP contribution in [0.2, 0.25) is 0 Å². The van der Waals surface area contributed by atoms with Crippen LogP contribution in [0.4, 0.5) is 0 Å². The van der Waals surface area contributed by atoms with Crippen molar-refractivity contribution in [2.45, 2.75) is 38.6 Å².